The fraction of sp³-hybridized carbons (Fsp3) is 0.565. The highest BCUT2D eigenvalue weighted by Crippen LogP contribution is 2.35. The van der Waals surface area contributed by atoms with Gasteiger partial charge in [0.25, 0.3) is 0 Å². The van der Waals surface area contributed by atoms with Gasteiger partial charge in [-0.25, -0.2) is 0 Å². The number of carbonyl (C=O) groups is 2. The third kappa shape index (κ3) is 6.86. The predicted octanol–water partition coefficient (Wildman–Crippen LogP) is 3.67. The van der Waals surface area contributed by atoms with Crippen LogP contribution in [-0.4, -0.2) is 60.9 Å². The molecular weight excluding hydrogens is 386 g/mol. The maximum Gasteiger partial charge on any atom is 0.223 e. The highest BCUT2D eigenvalue weighted by Gasteiger charge is 2.37. The maximum atomic E-state index is 12.3. The van der Waals surface area contributed by atoms with Crippen molar-refractivity contribution in [3.8, 4) is 0 Å². The molecule has 1 fully saturated rings. The lowest BCUT2D eigenvalue weighted by Crippen LogP contribution is -2.52. The lowest BCUT2D eigenvalue weighted by Gasteiger charge is -2.45. The van der Waals surface area contributed by atoms with Gasteiger partial charge in [0.05, 0.1) is 0 Å². The number of benzene rings is 1. The second kappa shape index (κ2) is 10.8. The van der Waals surface area contributed by atoms with E-state index in [0.717, 1.165) is 37.1 Å². The predicted molar refractivity (Wildman–Crippen MR) is 119 cm³/mol. The fourth-order valence-electron chi connectivity index (χ4n) is 4.07. The van der Waals surface area contributed by atoms with Gasteiger partial charge in [0.1, 0.15) is 0 Å². The van der Waals surface area contributed by atoms with Crippen molar-refractivity contribution >= 4 is 23.4 Å². The van der Waals surface area contributed by atoms with Crippen molar-refractivity contribution in [2.45, 2.75) is 56.5 Å². The molecule has 2 rings (SSSR count). The zero-order valence-electron chi connectivity index (χ0n) is 17.9. The third-order valence-corrected chi connectivity index (χ3v) is 6.32. The van der Waals surface area contributed by atoms with Crippen LogP contribution in [0.4, 0.5) is 0 Å². The number of likely N-dealkylation sites (N-methyl/N-ethyl adjacent to an activating group) is 2. The Morgan fingerprint density at radius 3 is 2.34 bits per heavy atom. The van der Waals surface area contributed by atoms with Crippen molar-refractivity contribution in [1.82, 2.24) is 15.1 Å². The van der Waals surface area contributed by atoms with Crippen LogP contribution < -0.4 is 5.32 Å². The van der Waals surface area contributed by atoms with Crippen LogP contribution in [-0.2, 0) is 16.0 Å². The van der Waals surface area contributed by atoms with Crippen molar-refractivity contribution in [3.05, 3.63) is 47.5 Å². The number of carbonyl (C=O) groups excluding carboxylic acids is 2. The van der Waals surface area contributed by atoms with E-state index in [1.807, 2.05) is 12.1 Å². The van der Waals surface area contributed by atoms with Crippen LogP contribution in [0.15, 0.2) is 36.9 Å². The van der Waals surface area contributed by atoms with Gasteiger partial charge in [-0.3, -0.25) is 9.59 Å². The van der Waals surface area contributed by atoms with Gasteiger partial charge in [0, 0.05) is 43.0 Å². The molecule has 0 aliphatic heterocycles. The SMILES string of the molecule is C=CCN(C)C(=O)CCC(=O)NC1CCC(Cc2ccc(Cl)cc2)(N(C)C)CC1. The Kier molecular flexibility index (Phi) is 8.72. The summed E-state index contributed by atoms with van der Waals surface area (Å²) in [7, 11) is 6.00. The normalized spacial score (nSPS) is 21.6. The second-order valence-electron chi connectivity index (χ2n) is 8.33. The lowest BCUT2D eigenvalue weighted by atomic mass is 9.75. The molecule has 5 nitrogen and oxygen atoms in total. The van der Waals surface area contributed by atoms with Gasteiger partial charge < -0.3 is 15.1 Å². The number of halogens is 1. The Labute approximate surface area is 180 Å². The van der Waals surface area contributed by atoms with Crippen LogP contribution in [0.2, 0.25) is 5.02 Å². The van der Waals surface area contributed by atoms with Crippen LogP contribution in [0.3, 0.4) is 0 Å². The minimum atomic E-state index is -0.0367. The van der Waals surface area contributed by atoms with Crippen molar-refractivity contribution in [1.29, 1.82) is 0 Å². The van der Waals surface area contributed by atoms with E-state index in [2.05, 4.69) is 43.0 Å². The summed E-state index contributed by atoms with van der Waals surface area (Å²) in [5.74, 6) is -0.0660. The van der Waals surface area contributed by atoms with E-state index < -0.39 is 0 Å². The first kappa shape index (κ1) is 23.4. The van der Waals surface area contributed by atoms with Crippen LogP contribution in [0.1, 0.15) is 44.1 Å². The Morgan fingerprint density at radius 1 is 1.17 bits per heavy atom. The first-order chi connectivity index (χ1) is 13.8. The minimum Gasteiger partial charge on any atom is -0.353 e. The molecule has 6 heteroatoms. The van der Waals surface area contributed by atoms with Gasteiger partial charge in [-0.2, -0.15) is 0 Å². The van der Waals surface area contributed by atoms with E-state index >= 15 is 0 Å². The molecule has 29 heavy (non-hydrogen) atoms. The molecule has 160 valence electrons. The van der Waals surface area contributed by atoms with Crippen LogP contribution >= 0.6 is 11.6 Å². The zero-order valence-corrected chi connectivity index (χ0v) is 18.7. The van der Waals surface area contributed by atoms with Gasteiger partial charge in [0.2, 0.25) is 11.8 Å². The van der Waals surface area contributed by atoms with E-state index in [4.69, 9.17) is 11.6 Å². The van der Waals surface area contributed by atoms with E-state index in [1.165, 1.54) is 5.56 Å². The quantitative estimate of drug-likeness (QED) is 0.621. The summed E-state index contributed by atoms with van der Waals surface area (Å²) < 4.78 is 0. The highest BCUT2D eigenvalue weighted by molar-refractivity contribution is 6.30. The molecule has 1 N–H and O–H groups in total. The van der Waals surface area contributed by atoms with Gasteiger partial charge in [-0.1, -0.05) is 29.8 Å². The number of amides is 2. The monoisotopic (exact) mass is 419 g/mol. The van der Waals surface area contributed by atoms with Crippen LogP contribution in [0, 0.1) is 0 Å². The van der Waals surface area contributed by atoms with E-state index in [1.54, 1.807) is 18.0 Å². The molecule has 1 aromatic carbocycles. The number of rotatable bonds is 9. The number of nitrogens with one attached hydrogen (secondary N) is 1. The topological polar surface area (TPSA) is 52.7 Å². The van der Waals surface area contributed by atoms with Gasteiger partial charge >= 0.3 is 0 Å². The summed E-state index contributed by atoms with van der Waals surface area (Å²) in [5.41, 5.74) is 1.38. The molecule has 0 atom stereocenters. The summed E-state index contributed by atoms with van der Waals surface area (Å²) in [6.45, 7) is 4.13. The smallest absolute Gasteiger partial charge is 0.223 e. The molecule has 0 radical (unpaired) electrons. The zero-order chi connectivity index (χ0) is 21.4. The Hall–Kier alpha value is -1.85. The number of hydrogen-bond donors (Lipinski definition) is 1. The van der Waals surface area contributed by atoms with Crippen LogP contribution in [0.25, 0.3) is 0 Å². The summed E-state index contributed by atoms with van der Waals surface area (Å²) in [5, 5.41) is 3.89. The molecule has 0 spiro atoms. The van der Waals surface area contributed by atoms with E-state index in [9.17, 15) is 9.59 Å². The minimum absolute atomic E-state index is 0.0294. The first-order valence-electron chi connectivity index (χ1n) is 10.3. The molecule has 1 aromatic rings. The van der Waals surface area contributed by atoms with Gasteiger partial charge in [-0.15, -0.1) is 6.58 Å². The Morgan fingerprint density at radius 2 is 1.79 bits per heavy atom. The standard InChI is InChI=1S/C23H34ClN3O2/c1-5-16-27(4)22(29)11-10-21(28)25-20-12-14-23(15-13-20,26(2)3)17-18-6-8-19(24)9-7-18/h5-9,20H,1,10-17H2,2-4H3,(H,25,28). The number of nitrogens with zero attached hydrogens (tertiary/aromatic N) is 2. The Bertz CT molecular complexity index is 695. The molecule has 1 aliphatic rings. The highest BCUT2D eigenvalue weighted by atomic mass is 35.5. The maximum absolute atomic E-state index is 12.3. The van der Waals surface area contributed by atoms with Crippen molar-refractivity contribution < 1.29 is 9.59 Å². The van der Waals surface area contributed by atoms with Gasteiger partial charge in [0.15, 0.2) is 0 Å². The largest absolute Gasteiger partial charge is 0.353 e. The molecular formula is C23H34ClN3O2. The third-order valence-electron chi connectivity index (χ3n) is 6.07. The van der Waals surface area contributed by atoms with Crippen molar-refractivity contribution in [3.63, 3.8) is 0 Å². The van der Waals surface area contributed by atoms with Gasteiger partial charge in [-0.05, 0) is 63.9 Å². The second-order valence-corrected chi connectivity index (χ2v) is 8.76. The average molecular weight is 420 g/mol. The summed E-state index contributed by atoms with van der Waals surface area (Å²) in [6.07, 6.45) is 7.07. The molecule has 1 saturated carbocycles. The molecule has 0 heterocycles. The molecule has 0 bridgehead atoms. The summed E-state index contributed by atoms with van der Waals surface area (Å²) in [6, 6.07) is 8.27. The van der Waals surface area contributed by atoms with Crippen LogP contribution in [0.5, 0.6) is 0 Å². The molecule has 0 unspecified atom stereocenters. The van der Waals surface area contributed by atoms with Crippen molar-refractivity contribution in [2.24, 2.45) is 0 Å². The summed E-state index contributed by atoms with van der Waals surface area (Å²) >= 11 is 6.02. The fourth-order valence-corrected chi connectivity index (χ4v) is 4.20. The lowest BCUT2D eigenvalue weighted by molar-refractivity contribution is -0.132. The molecule has 1 aliphatic carbocycles. The number of hydrogen-bond acceptors (Lipinski definition) is 3. The molecule has 2 amide bonds. The van der Waals surface area contributed by atoms with Crippen molar-refractivity contribution in [2.75, 3.05) is 27.7 Å². The first-order valence-corrected chi connectivity index (χ1v) is 10.7. The average Bonchev–Trinajstić information content (AvgIpc) is 2.69. The van der Waals surface area contributed by atoms with E-state index in [0.29, 0.717) is 6.54 Å². The Balaban J connectivity index is 1.84. The van der Waals surface area contributed by atoms with E-state index in [-0.39, 0.29) is 36.2 Å². The molecule has 0 aromatic heterocycles. The molecule has 0 saturated heterocycles. The summed E-state index contributed by atoms with van der Waals surface area (Å²) in [4.78, 5) is 28.2.